The number of anilines is 1. The number of halogens is 3. The third-order valence-electron chi connectivity index (χ3n) is 7.76. The summed E-state index contributed by atoms with van der Waals surface area (Å²) in [5, 5.41) is 7.22. The van der Waals surface area contributed by atoms with Crippen LogP contribution in [0.3, 0.4) is 0 Å². The highest BCUT2D eigenvalue weighted by Gasteiger charge is 2.61. The number of hydrogen-bond acceptors (Lipinski definition) is 5. The van der Waals surface area contributed by atoms with Gasteiger partial charge < -0.3 is 15.4 Å². The standard InChI is InChI=1S/C30H28Cl2FN3O4S/c1-15-5-8-18(33)13-19(15)26-30(21-9-6-17(32)12-23(21)34-28(30)38)22(14-25(41)35-26)20-11-16(31)7-10-24(20)40-29(2,3)27(37)36-39-4/h5-13,22,26H,14H2,1-4H3,(H,34,38)(H,35,41)(H,36,37)/t22-,26+,30-/m1/s1. The minimum absolute atomic E-state index is 0.247. The molecule has 11 heteroatoms. The third kappa shape index (κ3) is 5.05. The maximum absolute atomic E-state index is 14.7. The van der Waals surface area contributed by atoms with Crippen LogP contribution in [0, 0.1) is 12.7 Å². The van der Waals surface area contributed by atoms with Crippen LogP contribution >= 0.6 is 35.4 Å². The summed E-state index contributed by atoms with van der Waals surface area (Å²) in [5.41, 5.74) is 2.76. The summed E-state index contributed by atoms with van der Waals surface area (Å²) in [4.78, 5) is 32.4. The van der Waals surface area contributed by atoms with Gasteiger partial charge in [-0.2, -0.15) is 0 Å². The van der Waals surface area contributed by atoms with Crippen molar-refractivity contribution >= 4 is 57.9 Å². The van der Waals surface area contributed by atoms with Gasteiger partial charge in [-0.05, 0) is 79.9 Å². The van der Waals surface area contributed by atoms with E-state index in [1.165, 1.54) is 19.2 Å². The molecule has 0 radical (unpaired) electrons. The Morgan fingerprint density at radius 3 is 2.54 bits per heavy atom. The van der Waals surface area contributed by atoms with Gasteiger partial charge in [0.25, 0.3) is 5.91 Å². The average molecular weight is 617 g/mol. The molecule has 0 saturated carbocycles. The molecule has 1 saturated heterocycles. The van der Waals surface area contributed by atoms with E-state index in [9.17, 15) is 14.0 Å². The first kappa shape index (κ1) is 29.3. The van der Waals surface area contributed by atoms with E-state index in [1.807, 2.05) is 6.92 Å². The van der Waals surface area contributed by atoms with E-state index < -0.39 is 34.7 Å². The zero-order valence-corrected chi connectivity index (χ0v) is 25.1. The Kier molecular flexibility index (Phi) is 7.76. The molecular formula is C30H28Cl2FN3O4S. The maximum Gasteiger partial charge on any atom is 0.287 e. The summed E-state index contributed by atoms with van der Waals surface area (Å²) in [6.45, 7) is 5.05. The number of aryl methyl sites for hydroxylation is 1. The molecule has 2 aliphatic rings. The number of ether oxygens (including phenoxy) is 1. The summed E-state index contributed by atoms with van der Waals surface area (Å²) < 4.78 is 21.0. The maximum atomic E-state index is 14.7. The summed E-state index contributed by atoms with van der Waals surface area (Å²) in [6.07, 6.45) is 0.247. The predicted molar refractivity (Wildman–Crippen MR) is 160 cm³/mol. The molecule has 1 spiro atoms. The summed E-state index contributed by atoms with van der Waals surface area (Å²) in [5.74, 6) is -1.57. The van der Waals surface area contributed by atoms with Gasteiger partial charge in [0.05, 0.1) is 18.1 Å². The van der Waals surface area contributed by atoms with E-state index in [2.05, 4.69) is 16.1 Å². The fourth-order valence-corrected chi connectivity index (χ4v) is 6.50. The molecule has 0 bridgehead atoms. The lowest BCUT2D eigenvalue weighted by Crippen LogP contribution is -2.56. The molecule has 3 aromatic rings. The number of rotatable bonds is 6. The number of piperidine rings is 1. The predicted octanol–water partition coefficient (Wildman–Crippen LogP) is 6.31. The van der Waals surface area contributed by atoms with Crippen LogP contribution in [0.2, 0.25) is 10.0 Å². The van der Waals surface area contributed by atoms with E-state index in [0.29, 0.717) is 43.2 Å². The monoisotopic (exact) mass is 615 g/mol. The van der Waals surface area contributed by atoms with Gasteiger partial charge in [-0.25, -0.2) is 9.87 Å². The van der Waals surface area contributed by atoms with Gasteiger partial charge in [0.1, 0.15) is 17.0 Å². The summed E-state index contributed by atoms with van der Waals surface area (Å²) >= 11 is 18.6. The number of thiocarbonyl (C=S) groups is 1. The molecule has 41 heavy (non-hydrogen) atoms. The SMILES string of the molecule is CONC(=O)C(C)(C)Oc1ccc(Cl)cc1[C@H]1CC(=S)N[C@@H](c2cc(F)ccc2C)[C@]12C(=O)Nc1cc(Cl)ccc12. The Bertz CT molecular complexity index is 1580. The van der Waals surface area contributed by atoms with Gasteiger partial charge in [0.2, 0.25) is 5.91 Å². The number of carbonyl (C=O) groups excluding carboxylic acids is 2. The molecule has 3 atom stereocenters. The van der Waals surface area contributed by atoms with Crippen molar-refractivity contribution in [3.8, 4) is 5.75 Å². The fourth-order valence-electron chi connectivity index (χ4n) is 5.86. The van der Waals surface area contributed by atoms with Crippen molar-refractivity contribution in [1.29, 1.82) is 0 Å². The first-order valence-electron chi connectivity index (χ1n) is 12.9. The quantitative estimate of drug-likeness (QED) is 0.222. The Morgan fingerprint density at radius 1 is 1.10 bits per heavy atom. The second-order valence-corrected chi connectivity index (χ2v) is 12.1. The fraction of sp³-hybridized carbons (Fsp3) is 0.300. The number of carbonyl (C=O) groups is 2. The van der Waals surface area contributed by atoms with Crippen LogP contribution in [-0.4, -0.2) is 29.5 Å². The van der Waals surface area contributed by atoms with E-state index >= 15 is 0 Å². The Morgan fingerprint density at radius 2 is 1.80 bits per heavy atom. The van der Waals surface area contributed by atoms with Gasteiger partial charge >= 0.3 is 0 Å². The average Bonchev–Trinajstić information content (AvgIpc) is 3.18. The Labute approximate surface area is 252 Å². The normalized spacial score (nSPS) is 21.7. The summed E-state index contributed by atoms with van der Waals surface area (Å²) in [7, 11) is 1.33. The van der Waals surface area contributed by atoms with Crippen LogP contribution in [-0.2, 0) is 19.8 Å². The van der Waals surface area contributed by atoms with Crippen LogP contribution < -0.4 is 20.9 Å². The molecule has 0 aliphatic carbocycles. The molecule has 0 aromatic heterocycles. The van der Waals surface area contributed by atoms with Crippen molar-refractivity contribution in [3.63, 3.8) is 0 Å². The molecule has 214 valence electrons. The number of benzene rings is 3. The molecule has 7 nitrogen and oxygen atoms in total. The zero-order chi connectivity index (χ0) is 29.7. The van der Waals surface area contributed by atoms with Crippen molar-refractivity contribution in [1.82, 2.24) is 10.8 Å². The van der Waals surface area contributed by atoms with Gasteiger partial charge in [0.15, 0.2) is 5.60 Å². The molecule has 5 rings (SSSR count). The van der Waals surface area contributed by atoms with Crippen LogP contribution in [0.25, 0.3) is 0 Å². The van der Waals surface area contributed by atoms with Gasteiger partial charge in [-0.15, -0.1) is 0 Å². The topological polar surface area (TPSA) is 88.7 Å². The number of hydrogen-bond donors (Lipinski definition) is 3. The molecule has 0 unspecified atom stereocenters. The molecule has 3 N–H and O–H groups in total. The molecule has 1 fully saturated rings. The van der Waals surface area contributed by atoms with E-state index in [4.69, 9.17) is 45.0 Å². The lowest BCUT2D eigenvalue weighted by molar-refractivity contribution is -0.145. The highest BCUT2D eigenvalue weighted by atomic mass is 35.5. The largest absolute Gasteiger partial charge is 0.478 e. The lowest BCUT2D eigenvalue weighted by Gasteiger charge is -2.48. The van der Waals surface area contributed by atoms with Crippen molar-refractivity contribution in [3.05, 3.63) is 92.7 Å². The second kappa shape index (κ2) is 10.9. The van der Waals surface area contributed by atoms with Gasteiger partial charge in [-0.3, -0.25) is 14.4 Å². The first-order valence-corrected chi connectivity index (χ1v) is 14.0. The van der Waals surface area contributed by atoms with Crippen molar-refractivity contribution < 1.29 is 23.6 Å². The second-order valence-electron chi connectivity index (χ2n) is 10.7. The molecule has 2 aliphatic heterocycles. The molecular weight excluding hydrogens is 588 g/mol. The zero-order valence-electron chi connectivity index (χ0n) is 22.7. The first-order chi connectivity index (χ1) is 19.4. The number of fused-ring (bicyclic) bond motifs is 2. The van der Waals surface area contributed by atoms with E-state index in [-0.39, 0.29) is 12.3 Å². The van der Waals surface area contributed by atoms with Crippen LogP contribution in [0.5, 0.6) is 5.75 Å². The Hall–Kier alpha value is -3.24. The van der Waals surface area contributed by atoms with Crippen molar-refractivity contribution in [2.45, 2.75) is 50.2 Å². The highest BCUT2D eigenvalue weighted by molar-refractivity contribution is 7.80. The van der Waals surface area contributed by atoms with E-state index in [1.54, 1.807) is 56.3 Å². The summed E-state index contributed by atoms with van der Waals surface area (Å²) in [6, 6.07) is 14.0. The smallest absolute Gasteiger partial charge is 0.287 e. The molecule has 2 heterocycles. The minimum Gasteiger partial charge on any atom is -0.478 e. The number of nitrogens with one attached hydrogen (secondary N) is 3. The van der Waals surface area contributed by atoms with Gasteiger partial charge in [-0.1, -0.05) is 47.6 Å². The third-order valence-corrected chi connectivity index (χ3v) is 8.51. The van der Waals surface area contributed by atoms with Crippen LogP contribution in [0.4, 0.5) is 10.1 Å². The Balaban J connectivity index is 1.78. The lowest BCUT2D eigenvalue weighted by atomic mass is 9.59. The number of hydroxylamine groups is 1. The minimum atomic E-state index is -1.36. The molecule has 2 amide bonds. The highest BCUT2D eigenvalue weighted by Crippen LogP contribution is 2.59. The number of amides is 2. The van der Waals surface area contributed by atoms with Crippen LogP contribution in [0.1, 0.15) is 54.5 Å². The van der Waals surface area contributed by atoms with Gasteiger partial charge in [0, 0.05) is 33.6 Å². The molecule has 3 aromatic carbocycles. The van der Waals surface area contributed by atoms with Crippen molar-refractivity contribution in [2.75, 3.05) is 12.4 Å². The van der Waals surface area contributed by atoms with E-state index in [0.717, 1.165) is 5.56 Å². The van der Waals surface area contributed by atoms with Crippen LogP contribution in [0.15, 0.2) is 54.6 Å². The van der Waals surface area contributed by atoms with Crippen molar-refractivity contribution in [2.24, 2.45) is 0 Å².